The number of rotatable bonds is 3. The normalized spacial score (nSPS) is 16.7. The summed E-state index contributed by atoms with van der Waals surface area (Å²) in [7, 11) is 1.47. The zero-order chi connectivity index (χ0) is 14.2. The van der Waals surface area contributed by atoms with Crippen LogP contribution in [0.3, 0.4) is 0 Å². The summed E-state index contributed by atoms with van der Waals surface area (Å²) in [6.45, 7) is -0.230. The predicted octanol–water partition coefficient (Wildman–Crippen LogP) is 0.0208. The molecular formula is C12H13ClN2O4. The van der Waals surface area contributed by atoms with Crippen molar-refractivity contribution in [3.8, 4) is 5.75 Å². The van der Waals surface area contributed by atoms with E-state index in [-0.39, 0.29) is 19.0 Å². The van der Waals surface area contributed by atoms with Gasteiger partial charge in [0.25, 0.3) is 11.8 Å². The lowest BCUT2D eigenvalue weighted by atomic mass is 9.92. The van der Waals surface area contributed by atoms with Crippen LogP contribution in [0, 0.1) is 0 Å². The Labute approximate surface area is 114 Å². The summed E-state index contributed by atoms with van der Waals surface area (Å²) in [6, 6.07) is 4.61. The fraction of sp³-hybridized carbons (Fsp3) is 0.333. The minimum Gasteiger partial charge on any atom is -0.497 e. The van der Waals surface area contributed by atoms with Crippen LogP contribution in [0.15, 0.2) is 18.2 Å². The number of carbonyl (C=O) groups is 2. The molecule has 0 aliphatic carbocycles. The Hall–Kier alpha value is -1.79. The highest BCUT2D eigenvalue weighted by atomic mass is 35.5. The summed E-state index contributed by atoms with van der Waals surface area (Å²) in [5.41, 5.74) is 3.74. The monoisotopic (exact) mass is 284 g/mol. The number of hydrogen-bond acceptors (Lipinski definition) is 4. The molecule has 1 heterocycles. The van der Waals surface area contributed by atoms with E-state index in [1.165, 1.54) is 24.1 Å². The Bertz CT molecular complexity index is 541. The van der Waals surface area contributed by atoms with Crippen molar-refractivity contribution in [2.24, 2.45) is 5.73 Å². The third kappa shape index (κ3) is 2.50. The molecule has 1 fully saturated rings. The fourth-order valence-corrected chi connectivity index (χ4v) is 2.10. The molecule has 0 atom stereocenters. The number of ether oxygens (including phenoxy) is 1. The van der Waals surface area contributed by atoms with Crippen molar-refractivity contribution in [3.05, 3.63) is 28.8 Å². The molecular weight excluding hydrogens is 272 g/mol. The van der Waals surface area contributed by atoms with Crippen LogP contribution in [-0.4, -0.2) is 47.6 Å². The molecule has 19 heavy (non-hydrogen) atoms. The fourth-order valence-electron chi connectivity index (χ4n) is 1.87. The van der Waals surface area contributed by atoms with Crippen LogP contribution < -0.4 is 10.5 Å². The first-order valence-corrected chi connectivity index (χ1v) is 5.90. The van der Waals surface area contributed by atoms with Crippen LogP contribution in [0.25, 0.3) is 0 Å². The molecule has 0 radical (unpaired) electrons. The van der Waals surface area contributed by atoms with Gasteiger partial charge in [-0.2, -0.15) is 0 Å². The van der Waals surface area contributed by atoms with E-state index < -0.39 is 11.5 Å². The molecule has 0 bridgehead atoms. The van der Waals surface area contributed by atoms with Gasteiger partial charge in [-0.1, -0.05) is 11.6 Å². The average molecular weight is 285 g/mol. The molecule has 2 rings (SSSR count). The number of likely N-dealkylation sites (tertiary alicyclic amines) is 1. The Morgan fingerprint density at radius 3 is 2.58 bits per heavy atom. The van der Waals surface area contributed by atoms with Crippen LogP contribution in [0.2, 0.25) is 5.02 Å². The maximum Gasteiger partial charge on any atom is 0.254 e. The zero-order valence-electron chi connectivity index (χ0n) is 10.2. The van der Waals surface area contributed by atoms with Gasteiger partial charge in [0.15, 0.2) is 5.60 Å². The second kappa shape index (κ2) is 4.71. The third-order valence-corrected chi connectivity index (χ3v) is 3.22. The maximum absolute atomic E-state index is 12.1. The zero-order valence-corrected chi connectivity index (χ0v) is 11.0. The molecule has 7 heteroatoms. The molecule has 1 aromatic rings. The van der Waals surface area contributed by atoms with Crippen LogP contribution in [0.1, 0.15) is 10.4 Å². The largest absolute Gasteiger partial charge is 0.497 e. The molecule has 0 spiro atoms. The van der Waals surface area contributed by atoms with Gasteiger partial charge in [-0.15, -0.1) is 0 Å². The molecule has 6 nitrogen and oxygen atoms in total. The lowest BCUT2D eigenvalue weighted by molar-refractivity contribution is -0.151. The van der Waals surface area contributed by atoms with Crippen molar-refractivity contribution in [2.75, 3.05) is 20.2 Å². The SMILES string of the molecule is COc1cc(Cl)cc(C(=O)N2CC(O)(C(N)=O)C2)c1. The topological polar surface area (TPSA) is 92.9 Å². The quantitative estimate of drug-likeness (QED) is 0.818. The van der Waals surface area contributed by atoms with E-state index in [4.69, 9.17) is 22.1 Å². The molecule has 3 N–H and O–H groups in total. The van der Waals surface area contributed by atoms with Crippen molar-refractivity contribution in [1.82, 2.24) is 4.90 Å². The molecule has 0 unspecified atom stereocenters. The standard InChI is InChI=1S/C12H13ClN2O4/c1-19-9-3-7(2-8(13)4-9)10(16)15-5-12(18,6-15)11(14)17/h2-4,18H,5-6H2,1H3,(H2,14,17). The number of nitrogens with two attached hydrogens (primary N) is 1. The van der Waals surface area contributed by atoms with E-state index in [9.17, 15) is 14.7 Å². The summed E-state index contributed by atoms with van der Waals surface area (Å²) in [5, 5.41) is 10.1. The smallest absolute Gasteiger partial charge is 0.254 e. The summed E-state index contributed by atoms with van der Waals surface area (Å²) in [5.74, 6) is -0.714. The van der Waals surface area contributed by atoms with Gasteiger partial charge in [-0.05, 0) is 18.2 Å². The van der Waals surface area contributed by atoms with Crippen molar-refractivity contribution in [3.63, 3.8) is 0 Å². The molecule has 2 amide bonds. The number of halogens is 1. The van der Waals surface area contributed by atoms with E-state index in [1.807, 2.05) is 0 Å². The summed E-state index contributed by atoms with van der Waals surface area (Å²) >= 11 is 5.87. The number of primary amides is 1. The highest BCUT2D eigenvalue weighted by Crippen LogP contribution is 2.26. The molecule has 102 valence electrons. The predicted molar refractivity (Wildman–Crippen MR) is 68.1 cm³/mol. The van der Waals surface area contributed by atoms with Crippen molar-refractivity contribution >= 4 is 23.4 Å². The Morgan fingerprint density at radius 2 is 2.05 bits per heavy atom. The minimum atomic E-state index is -1.63. The molecule has 1 saturated heterocycles. The maximum atomic E-state index is 12.1. The van der Waals surface area contributed by atoms with Gasteiger partial charge in [-0.3, -0.25) is 9.59 Å². The van der Waals surface area contributed by atoms with E-state index in [0.717, 1.165) is 0 Å². The molecule has 0 saturated carbocycles. The Kier molecular flexibility index (Phi) is 3.38. The summed E-state index contributed by atoms with van der Waals surface area (Å²) in [6.07, 6.45) is 0. The number of hydrogen-bond donors (Lipinski definition) is 2. The van der Waals surface area contributed by atoms with Crippen LogP contribution >= 0.6 is 11.6 Å². The first-order chi connectivity index (χ1) is 8.85. The lowest BCUT2D eigenvalue weighted by Crippen LogP contribution is -2.69. The van der Waals surface area contributed by atoms with Gasteiger partial charge in [0.05, 0.1) is 20.2 Å². The second-order valence-corrected chi connectivity index (χ2v) is 4.87. The third-order valence-electron chi connectivity index (χ3n) is 3.00. The first-order valence-electron chi connectivity index (χ1n) is 5.52. The first kappa shape index (κ1) is 13.6. The number of carbonyl (C=O) groups excluding carboxylic acids is 2. The molecule has 1 aliphatic heterocycles. The highest BCUT2D eigenvalue weighted by molar-refractivity contribution is 6.31. The van der Waals surface area contributed by atoms with Gasteiger partial charge in [-0.25, -0.2) is 0 Å². The van der Waals surface area contributed by atoms with Crippen LogP contribution in [0.5, 0.6) is 5.75 Å². The lowest BCUT2D eigenvalue weighted by Gasteiger charge is -2.44. The van der Waals surface area contributed by atoms with Crippen LogP contribution in [-0.2, 0) is 4.79 Å². The number of aliphatic hydroxyl groups is 1. The Balaban J connectivity index is 2.14. The average Bonchev–Trinajstić information content (AvgIpc) is 2.32. The van der Waals surface area contributed by atoms with E-state index in [1.54, 1.807) is 6.07 Å². The molecule has 0 aromatic heterocycles. The molecule has 1 aliphatic rings. The van der Waals surface area contributed by atoms with Gasteiger partial charge in [0, 0.05) is 10.6 Å². The highest BCUT2D eigenvalue weighted by Gasteiger charge is 2.48. The minimum absolute atomic E-state index is 0.115. The van der Waals surface area contributed by atoms with Crippen molar-refractivity contribution in [2.45, 2.75) is 5.60 Å². The van der Waals surface area contributed by atoms with Crippen molar-refractivity contribution < 1.29 is 19.4 Å². The number of benzene rings is 1. The summed E-state index contributed by atoms with van der Waals surface area (Å²) in [4.78, 5) is 24.4. The van der Waals surface area contributed by atoms with Crippen LogP contribution in [0.4, 0.5) is 0 Å². The Morgan fingerprint density at radius 1 is 1.42 bits per heavy atom. The number of amides is 2. The van der Waals surface area contributed by atoms with E-state index in [2.05, 4.69) is 0 Å². The number of β-amino-alcohol motifs (C(OH)–C–C–N with tert-alkyl or cyclic N) is 1. The van der Waals surface area contributed by atoms with Gasteiger partial charge in [0.1, 0.15) is 5.75 Å². The van der Waals surface area contributed by atoms with Crippen molar-refractivity contribution in [1.29, 1.82) is 0 Å². The molecule has 1 aromatic carbocycles. The van der Waals surface area contributed by atoms with E-state index in [0.29, 0.717) is 16.3 Å². The van der Waals surface area contributed by atoms with Gasteiger partial charge in [0.2, 0.25) is 0 Å². The van der Waals surface area contributed by atoms with E-state index >= 15 is 0 Å². The van der Waals surface area contributed by atoms with Gasteiger partial charge < -0.3 is 20.5 Å². The number of nitrogens with zero attached hydrogens (tertiary/aromatic N) is 1. The van der Waals surface area contributed by atoms with Gasteiger partial charge >= 0.3 is 0 Å². The number of methoxy groups -OCH3 is 1. The second-order valence-electron chi connectivity index (χ2n) is 4.44. The summed E-state index contributed by atoms with van der Waals surface area (Å²) < 4.78 is 5.02.